The Labute approximate surface area is 841 Å². The van der Waals surface area contributed by atoms with Crippen LogP contribution in [0.5, 0.6) is 0 Å². The van der Waals surface area contributed by atoms with E-state index in [1.165, 1.54) is 0 Å². The number of hydrogen-bond acceptors (Lipinski definition) is 1. The summed E-state index contributed by atoms with van der Waals surface area (Å²) in [6, 6.07) is 168. The Kier molecular flexibility index (Phi) is 16.9. The van der Waals surface area contributed by atoms with Crippen molar-refractivity contribution in [2.24, 2.45) is 0 Å². The Morgan fingerprint density at radius 2 is 0.264 bits per heavy atom. The van der Waals surface area contributed by atoms with Gasteiger partial charge in [0.1, 0.15) is 17.2 Å². The number of alkyl halides is 3. The van der Waals surface area contributed by atoms with Crippen LogP contribution in [0.3, 0.4) is 0 Å². The molecule has 32 rings (SSSR count). The monoisotopic (exact) mass is 1900 g/mol. The van der Waals surface area contributed by atoms with E-state index in [0.29, 0.717) is 67.1 Å². The van der Waals surface area contributed by atoms with Crippen molar-refractivity contribution in [3.8, 4) is 74.1 Å². The number of nitrogens with zero attached hydrogens (tertiary/aromatic N) is 11. The Bertz CT molecular complexity index is 11100. The number of nitriles is 1. The standard InChI is InChI=1S/C134H78F3N11/c135-134(136,137)123-126(141-105-57-21-3-39-84(105)85-40-4-22-58-106(85)141)130(145-113-65-29-11-47-92(113)93-48-12-30-66-114(93)145)133(147-117-69-33-15-51-96(117)97-52-16-34-70-118(97)147)131(127(123)142-107-59-23-5-41-86(107)87-42-6-24-60-108(87)142)148-120-72-36-18-54-99(120)101-78-81(74-76-122(101)148)80-73-75-121-100(77-80)98-53-17-35-71-119(98)140(121)125-102(79-138)124(139-103-55-19-1-37-82(103)83-38-2-20-56-104(83)139)128(143-109-61-25-7-43-88(109)89-44-8-26-62-110(89)143)132(146-115-67-31-13-49-94(115)95-50-14-32-68-116(95)146)129(125)144-111-63-27-9-45-90(111)91-46-10-28-64-112(91)144/h1-78H. The smallest absolute Gasteiger partial charge is 0.306 e. The van der Waals surface area contributed by atoms with E-state index in [1.807, 2.05) is 149 Å². The SMILES string of the molecule is N#Cc1c(-n2c3ccccc3c3ccccc32)c(-n2c3ccccc3c3ccccc32)c(-n2c3ccccc3c3ccccc32)c(-n2c3ccccc3c3ccccc32)c1-n1c2ccccc2c2cc(-c3ccc4c(c3)c3ccccc3n4-c3c(-n4c5ccccc5c5ccccc54)c(-n4c5ccccc5c5ccccc54)c(-n4c5ccccc5c5ccccc54)c(C(F)(F)F)c3-n3c4ccccc4c4ccccc43)ccc21. The number of aromatic nitrogens is 10. The second-order valence-electron chi connectivity index (χ2n) is 39.0. The fourth-order valence-electron chi connectivity index (χ4n) is 26.0. The summed E-state index contributed by atoms with van der Waals surface area (Å²) in [5.74, 6) is 0. The van der Waals surface area contributed by atoms with E-state index < -0.39 is 11.7 Å². The maximum atomic E-state index is 19.8. The highest BCUT2D eigenvalue weighted by molar-refractivity contribution is 6.23. The van der Waals surface area contributed by atoms with Gasteiger partial charge in [0.2, 0.25) is 0 Å². The second kappa shape index (κ2) is 30.6. The molecule has 0 aliphatic carbocycles. The lowest BCUT2D eigenvalue weighted by atomic mass is 9.99. The van der Waals surface area contributed by atoms with Crippen molar-refractivity contribution >= 4 is 218 Å². The van der Waals surface area contributed by atoms with Crippen LogP contribution in [0.2, 0.25) is 0 Å². The van der Waals surface area contributed by atoms with Gasteiger partial charge >= 0.3 is 6.18 Å². The van der Waals surface area contributed by atoms with Crippen molar-refractivity contribution in [1.29, 1.82) is 5.26 Å². The van der Waals surface area contributed by atoms with E-state index >= 15 is 13.2 Å². The molecule has 0 aliphatic heterocycles. The van der Waals surface area contributed by atoms with E-state index in [9.17, 15) is 5.26 Å². The minimum atomic E-state index is -5.15. The highest BCUT2D eigenvalue weighted by Crippen LogP contribution is 2.59. The molecule has 10 aromatic heterocycles. The van der Waals surface area contributed by atoms with Crippen molar-refractivity contribution in [2.45, 2.75) is 6.18 Å². The number of para-hydroxylation sites is 18. The normalized spacial score (nSPS) is 12.4. The number of fused-ring (bicyclic) bond motifs is 30. The minimum Gasteiger partial charge on any atom is -0.306 e. The summed E-state index contributed by atoms with van der Waals surface area (Å²) >= 11 is 0. The Morgan fingerprint density at radius 3 is 0.419 bits per heavy atom. The summed E-state index contributed by atoms with van der Waals surface area (Å²) < 4.78 is 82.1. The van der Waals surface area contributed by atoms with Gasteiger partial charge in [-0.2, -0.15) is 18.4 Å². The molecule has 0 bridgehead atoms. The van der Waals surface area contributed by atoms with E-state index in [2.05, 4.69) is 376 Å². The first kappa shape index (κ1) is 81.8. The molecule has 0 unspecified atom stereocenters. The molecule has 10 heterocycles. The van der Waals surface area contributed by atoms with Crippen LogP contribution in [0.15, 0.2) is 473 Å². The predicted octanol–water partition coefficient (Wildman–Crippen LogP) is 35.2. The Morgan fingerprint density at radius 1 is 0.142 bits per heavy atom. The molecule has 148 heavy (non-hydrogen) atoms. The lowest BCUT2D eigenvalue weighted by Gasteiger charge is -2.32. The van der Waals surface area contributed by atoms with Crippen LogP contribution < -0.4 is 0 Å². The zero-order valence-corrected chi connectivity index (χ0v) is 79.1. The maximum Gasteiger partial charge on any atom is 0.420 e. The highest BCUT2D eigenvalue weighted by Gasteiger charge is 2.47. The molecule has 0 saturated carbocycles. The molecule has 0 N–H and O–H groups in total. The quantitative estimate of drug-likeness (QED) is 0.127. The number of rotatable bonds is 11. The van der Waals surface area contributed by atoms with Crippen molar-refractivity contribution in [3.05, 3.63) is 484 Å². The fourth-order valence-corrected chi connectivity index (χ4v) is 26.0. The number of hydrogen-bond donors (Lipinski definition) is 0. The molecule has 14 heteroatoms. The fraction of sp³-hybridized carbons (Fsp3) is 0.00746. The van der Waals surface area contributed by atoms with Crippen LogP contribution in [0.25, 0.3) is 286 Å². The van der Waals surface area contributed by atoms with Gasteiger partial charge in [-0.25, -0.2) is 0 Å². The van der Waals surface area contributed by atoms with Gasteiger partial charge in [0.15, 0.2) is 0 Å². The number of halogens is 3. The first-order valence-electron chi connectivity index (χ1n) is 50.1. The van der Waals surface area contributed by atoms with Gasteiger partial charge in [-0.3, -0.25) is 0 Å². The van der Waals surface area contributed by atoms with Crippen LogP contribution in [0, 0.1) is 11.3 Å². The van der Waals surface area contributed by atoms with E-state index in [1.54, 1.807) is 0 Å². The molecule has 0 atom stereocenters. The molecule has 0 aliphatic rings. The molecule has 0 radical (unpaired) electrons. The zero-order chi connectivity index (χ0) is 97.3. The first-order chi connectivity index (χ1) is 73.2. The molecule has 0 saturated heterocycles. The Balaban J connectivity index is 0.736. The van der Waals surface area contributed by atoms with Crippen LogP contribution in [0.1, 0.15) is 11.1 Å². The van der Waals surface area contributed by atoms with Gasteiger partial charge in [-0.05, 0) is 145 Å². The van der Waals surface area contributed by atoms with Crippen molar-refractivity contribution in [3.63, 3.8) is 0 Å². The minimum absolute atomic E-state index is 0.0518. The van der Waals surface area contributed by atoms with E-state index in [-0.39, 0.29) is 11.4 Å². The van der Waals surface area contributed by atoms with Crippen molar-refractivity contribution in [2.75, 3.05) is 0 Å². The summed E-state index contributed by atoms with van der Waals surface area (Å²) in [6.45, 7) is 0. The molecule has 0 spiro atoms. The molecule has 22 aromatic carbocycles. The summed E-state index contributed by atoms with van der Waals surface area (Å²) in [5.41, 5.74) is 22.1. The third-order valence-corrected chi connectivity index (χ3v) is 31.7. The van der Waals surface area contributed by atoms with Crippen molar-refractivity contribution < 1.29 is 13.2 Å². The van der Waals surface area contributed by atoms with Gasteiger partial charge < -0.3 is 45.7 Å². The average molecular weight is 1900 g/mol. The topological polar surface area (TPSA) is 73.1 Å². The predicted molar refractivity (Wildman–Crippen MR) is 605 cm³/mol. The second-order valence-corrected chi connectivity index (χ2v) is 39.0. The molecular formula is C134H78F3N11. The maximum absolute atomic E-state index is 19.8. The first-order valence-corrected chi connectivity index (χ1v) is 50.1. The molecule has 0 amide bonds. The lowest BCUT2D eigenvalue weighted by Crippen LogP contribution is -2.23. The summed E-state index contributed by atoms with van der Waals surface area (Å²) in [5, 5.41) is 32.5. The summed E-state index contributed by atoms with van der Waals surface area (Å²) in [7, 11) is 0. The van der Waals surface area contributed by atoms with Crippen LogP contribution in [0.4, 0.5) is 13.2 Å². The van der Waals surface area contributed by atoms with Gasteiger partial charge in [-0.1, -0.05) is 340 Å². The van der Waals surface area contributed by atoms with Gasteiger partial charge in [0.25, 0.3) is 0 Å². The summed E-state index contributed by atoms with van der Waals surface area (Å²) in [4.78, 5) is 0. The van der Waals surface area contributed by atoms with Gasteiger partial charge in [-0.15, -0.1) is 0 Å². The third-order valence-electron chi connectivity index (χ3n) is 31.7. The third kappa shape index (κ3) is 11.0. The van der Waals surface area contributed by atoms with E-state index in [0.717, 1.165) is 213 Å². The molecular weight excluding hydrogens is 1820 g/mol. The van der Waals surface area contributed by atoms with Crippen LogP contribution >= 0.6 is 0 Å². The molecule has 11 nitrogen and oxygen atoms in total. The number of benzene rings is 22. The van der Waals surface area contributed by atoms with E-state index in [4.69, 9.17) is 0 Å². The largest absolute Gasteiger partial charge is 0.420 e. The zero-order valence-electron chi connectivity index (χ0n) is 79.1. The average Bonchev–Trinajstić information content (AvgIpc) is 1.50. The Hall–Kier alpha value is -19.9. The van der Waals surface area contributed by atoms with Gasteiger partial charge in [0, 0.05) is 108 Å². The highest BCUT2D eigenvalue weighted by atomic mass is 19.4. The molecule has 690 valence electrons. The lowest BCUT2D eigenvalue weighted by molar-refractivity contribution is -0.137. The van der Waals surface area contributed by atoms with Crippen LogP contribution in [-0.4, -0.2) is 45.7 Å². The van der Waals surface area contributed by atoms with Crippen LogP contribution in [-0.2, 0) is 6.18 Å². The summed E-state index contributed by atoms with van der Waals surface area (Å²) in [6.07, 6.45) is -5.15. The van der Waals surface area contributed by atoms with Gasteiger partial charge in [0.05, 0.1) is 167 Å². The molecule has 0 fully saturated rings. The molecule has 32 aromatic rings. The van der Waals surface area contributed by atoms with Crippen molar-refractivity contribution in [1.82, 2.24) is 45.7 Å².